The molecule has 1 aromatic heterocycles. The van der Waals surface area contributed by atoms with Gasteiger partial charge in [0, 0.05) is 13.1 Å². The molecule has 0 atom stereocenters. The van der Waals surface area contributed by atoms with Crippen molar-refractivity contribution in [2.45, 2.75) is 19.3 Å². The van der Waals surface area contributed by atoms with Gasteiger partial charge in [0.15, 0.2) is 0 Å². The van der Waals surface area contributed by atoms with Crippen molar-refractivity contribution in [2.75, 3.05) is 13.1 Å². The quantitative estimate of drug-likeness (QED) is 0.830. The van der Waals surface area contributed by atoms with Crippen LogP contribution in [-0.2, 0) is 16.0 Å². The highest BCUT2D eigenvalue weighted by molar-refractivity contribution is 5.78. The largest absolute Gasteiger partial charge is 0.481 e. The van der Waals surface area contributed by atoms with Crippen LogP contribution in [0.3, 0.4) is 0 Å². The number of carbonyl (C=O) groups is 2. The van der Waals surface area contributed by atoms with Crippen molar-refractivity contribution in [3.05, 3.63) is 18.4 Å². The summed E-state index contributed by atoms with van der Waals surface area (Å²) in [5.41, 5.74) is 0. The van der Waals surface area contributed by atoms with Crippen molar-refractivity contribution in [1.29, 1.82) is 0 Å². The molecule has 0 aliphatic carbocycles. The fourth-order valence-corrected chi connectivity index (χ4v) is 1.96. The Bertz CT molecular complexity index is 394. The van der Waals surface area contributed by atoms with Crippen molar-refractivity contribution in [1.82, 2.24) is 9.88 Å². The summed E-state index contributed by atoms with van der Waals surface area (Å²) < 4.78 is 5.00. The molecule has 1 saturated heterocycles. The van der Waals surface area contributed by atoms with Crippen molar-refractivity contribution >= 4 is 11.9 Å². The summed E-state index contributed by atoms with van der Waals surface area (Å²) >= 11 is 0. The second kappa shape index (κ2) is 4.99. The number of hydrogen-bond donors (Lipinski definition) is 1. The van der Waals surface area contributed by atoms with Crippen LogP contribution in [0.1, 0.15) is 18.7 Å². The van der Waals surface area contributed by atoms with Crippen LogP contribution in [0.5, 0.6) is 0 Å². The summed E-state index contributed by atoms with van der Waals surface area (Å²) in [7, 11) is 0. The smallest absolute Gasteiger partial charge is 0.306 e. The van der Waals surface area contributed by atoms with E-state index in [9.17, 15) is 9.59 Å². The van der Waals surface area contributed by atoms with Crippen LogP contribution >= 0.6 is 0 Å². The molecule has 0 radical (unpaired) electrons. The Balaban J connectivity index is 1.84. The molecule has 1 aromatic rings. The summed E-state index contributed by atoms with van der Waals surface area (Å²) in [6.45, 7) is 0.993. The second-order valence-electron chi connectivity index (χ2n) is 4.10. The first-order chi connectivity index (χ1) is 8.16. The minimum absolute atomic E-state index is 0.0590. The Kier molecular flexibility index (Phi) is 3.41. The average molecular weight is 238 g/mol. The number of rotatable bonds is 3. The van der Waals surface area contributed by atoms with Crippen molar-refractivity contribution < 1.29 is 19.1 Å². The third-order valence-electron chi connectivity index (χ3n) is 2.98. The van der Waals surface area contributed by atoms with Crippen LogP contribution in [0.2, 0.25) is 0 Å². The summed E-state index contributed by atoms with van der Waals surface area (Å²) in [6, 6.07) is 0. The number of aromatic nitrogens is 1. The number of piperidine rings is 1. The van der Waals surface area contributed by atoms with E-state index in [0.717, 1.165) is 0 Å². The van der Waals surface area contributed by atoms with Crippen LogP contribution in [0.15, 0.2) is 16.9 Å². The van der Waals surface area contributed by atoms with Gasteiger partial charge in [0.1, 0.15) is 12.7 Å². The maximum Gasteiger partial charge on any atom is 0.306 e. The molecule has 2 rings (SSSR count). The van der Waals surface area contributed by atoms with Gasteiger partial charge < -0.3 is 14.4 Å². The second-order valence-corrected chi connectivity index (χ2v) is 4.10. The normalized spacial score (nSPS) is 17.1. The molecule has 2 heterocycles. The minimum Gasteiger partial charge on any atom is -0.481 e. The number of likely N-dealkylation sites (tertiary alicyclic amines) is 1. The fraction of sp³-hybridized carbons (Fsp3) is 0.545. The molecule has 1 N–H and O–H groups in total. The molecule has 92 valence electrons. The summed E-state index contributed by atoms with van der Waals surface area (Å²) in [6.07, 6.45) is 4.11. The SMILES string of the molecule is O=C(O)C1CCN(C(=O)Cc2ncco2)CC1. The van der Waals surface area contributed by atoms with E-state index in [-0.39, 0.29) is 18.2 Å². The maximum atomic E-state index is 11.8. The van der Waals surface area contributed by atoms with Gasteiger partial charge in [-0.15, -0.1) is 0 Å². The molecule has 0 bridgehead atoms. The molecule has 0 aromatic carbocycles. The minimum atomic E-state index is -0.773. The van der Waals surface area contributed by atoms with Gasteiger partial charge in [-0.25, -0.2) is 4.98 Å². The van der Waals surface area contributed by atoms with Crippen LogP contribution in [0.25, 0.3) is 0 Å². The Morgan fingerprint density at radius 3 is 2.71 bits per heavy atom. The van der Waals surface area contributed by atoms with E-state index in [1.807, 2.05) is 0 Å². The monoisotopic (exact) mass is 238 g/mol. The van der Waals surface area contributed by atoms with Gasteiger partial charge in [-0.05, 0) is 12.8 Å². The molecule has 0 unspecified atom stereocenters. The molecule has 6 heteroatoms. The topological polar surface area (TPSA) is 83.6 Å². The van der Waals surface area contributed by atoms with Crippen LogP contribution in [0, 0.1) is 5.92 Å². The number of amides is 1. The lowest BCUT2D eigenvalue weighted by Crippen LogP contribution is -2.41. The number of nitrogens with zero attached hydrogens (tertiary/aromatic N) is 2. The first-order valence-electron chi connectivity index (χ1n) is 5.56. The van der Waals surface area contributed by atoms with Crippen molar-refractivity contribution in [3.8, 4) is 0 Å². The van der Waals surface area contributed by atoms with Crippen molar-refractivity contribution in [2.24, 2.45) is 5.92 Å². The van der Waals surface area contributed by atoms with E-state index in [2.05, 4.69) is 4.98 Å². The molecule has 0 spiro atoms. The summed E-state index contributed by atoms with van der Waals surface area (Å²) in [4.78, 5) is 28.1. The molecule has 1 aliphatic heterocycles. The molecular formula is C11H14N2O4. The van der Waals surface area contributed by atoms with E-state index in [4.69, 9.17) is 9.52 Å². The lowest BCUT2D eigenvalue weighted by Gasteiger charge is -2.29. The molecule has 1 amide bonds. The molecule has 17 heavy (non-hydrogen) atoms. The fourth-order valence-electron chi connectivity index (χ4n) is 1.96. The highest BCUT2D eigenvalue weighted by atomic mass is 16.4. The predicted octanol–water partition coefficient (Wildman–Crippen LogP) is 0.540. The molecule has 0 saturated carbocycles. The van der Waals surface area contributed by atoms with Crippen LogP contribution in [0.4, 0.5) is 0 Å². The van der Waals surface area contributed by atoms with E-state index in [1.165, 1.54) is 12.5 Å². The first kappa shape index (κ1) is 11.6. The van der Waals surface area contributed by atoms with Crippen LogP contribution in [-0.4, -0.2) is 40.0 Å². The standard InChI is InChI=1S/C11H14N2O4/c14-10(7-9-12-3-6-17-9)13-4-1-8(2-5-13)11(15)16/h3,6,8H,1-2,4-5,7H2,(H,15,16). The predicted molar refractivity (Wildman–Crippen MR) is 57.1 cm³/mol. The van der Waals surface area contributed by atoms with E-state index >= 15 is 0 Å². The Labute approximate surface area is 98.2 Å². The highest BCUT2D eigenvalue weighted by Gasteiger charge is 2.27. The lowest BCUT2D eigenvalue weighted by atomic mass is 9.97. The first-order valence-corrected chi connectivity index (χ1v) is 5.56. The zero-order valence-corrected chi connectivity index (χ0v) is 9.33. The lowest BCUT2D eigenvalue weighted by molar-refractivity contribution is -0.145. The highest BCUT2D eigenvalue weighted by Crippen LogP contribution is 2.17. The van der Waals surface area contributed by atoms with Gasteiger partial charge >= 0.3 is 5.97 Å². The Morgan fingerprint density at radius 2 is 2.18 bits per heavy atom. The molecule has 1 fully saturated rings. The Morgan fingerprint density at radius 1 is 1.47 bits per heavy atom. The molecule has 6 nitrogen and oxygen atoms in total. The van der Waals surface area contributed by atoms with Crippen molar-refractivity contribution in [3.63, 3.8) is 0 Å². The van der Waals surface area contributed by atoms with Gasteiger partial charge in [-0.3, -0.25) is 9.59 Å². The number of oxazole rings is 1. The van der Waals surface area contributed by atoms with Gasteiger partial charge in [-0.1, -0.05) is 0 Å². The van der Waals surface area contributed by atoms with Gasteiger partial charge in [0.25, 0.3) is 0 Å². The number of aliphatic carboxylic acids is 1. The zero-order valence-electron chi connectivity index (χ0n) is 9.33. The summed E-state index contributed by atoms with van der Waals surface area (Å²) in [5.74, 6) is -0.753. The van der Waals surface area contributed by atoms with Crippen LogP contribution < -0.4 is 0 Å². The number of carbonyl (C=O) groups excluding carboxylic acids is 1. The van der Waals surface area contributed by atoms with Gasteiger partial charge in [0.05, 0.1) is 12.1 Å². The third-order valence-corrected chi connectivity index (χ3v) is 2.98. The molecule has 1 aliphatic rings. The van der Waals surface area contributed by atoms with Gasteiger partial charge in [0.2, 0.25) is 11.8 Å². The summed E-state index contributed by atoms with van der Waals surface area (Å²) in [5, 5.41) is 8.84. The van der Waals surface area contributed by atoms with Gasteiger partial charge in [-0.2, -0.15) is 0 Å². The van der Waals surface area contributed by atoms with E-state index in [0.29, 0.717) is 31.8 Å². The average Bonchev–Trinajstić information content (AvgIpc) is 2.82. The van der Waals surface area contributed by atoms with E-state index in [1.54, 1.807) is 4.90 Å². The number of hydrogen-bond acceptors (Lipinski definition) is 4. The Hall–Kier alpha value is -1.85. The van der Waals surface area contributed by atoms with E-state index < -0.39 is 5.97 Å². The zero-order chi connectivity index (χ0) is 12.3. The number of carboxylic acid groups (broad SMARTS) is 1. The number of carboxylic acids is 1. The maximum absolute atomic E-state index is 11.8. The third kappa shape index (κ3) is 2.83. The molecular weight excluding hydrogens is 224 g/mol.